The number of aliphatic hydroxyl groups is 1. The second-order valence-electron chi connectivity index (χ2n) is 4.75. The van der Waals surface area contributed by atoms with Crippen molar-refractivity contribution >= 4 is 12.0 Å². The molecule has 7 nitrogen and oxygen atoms in total. The maximum absolute atomic E-state index is 12.0. The summed E-state index contributed by atoms with van der Waals surface area (Å²) in [6.45, 7) is 4.65. The van der Waals surface area contributed by atoms with Gasteiger partial charge in [0.1, 0.15) is 6.04 Å². The molecule has 0 aliphatic heterocycles. The number of carbonyl (C=O) groups excluding carboxylic acids is 1. The second kappa shape index (κ2) is 8.71. The fourth-order valence-electron chi connectivity index (χ4n) is 1.90. The summed E-state index contributed by atoms with van der Waals surface area (Å²) in [5, 5.41) is 20.2. The van der Waals surface area contributed by atoms with Gasteiger partial charge in [0.2, 0.25) is 0 Å². The highest BCUT2D eigenvalue weighted by Gasteiger charge is 2.24. The third kappa shape index (κ3) is 6.40. The number of hydrogen-bond acceptors (Lipinski definition) is 4. The highest BCUT2D eigenvalue weighted by molar-refractivity contribution is 5.82. The van der Waals surface area contributed by atoms with E-state index in [9.17, 15) is 9.59 Å². The van der Waals surface area contributed by atoms with Crippen molar-refractivity contribution in [1.29, 1.82) is 0 Å². The number of amides is 2. The van der Waals surface area contributed by atoms with Crippen LogP contribution in [-0.2, 0) is 4.79 Å². The fourth-order valence-corrected chi connectivity index (χ4v) is 1.90. The molecule has 2 atom stereocenters. The summed E-state index contributed by atoms with van der Waals surface area (Å²) in [5.74, 6) is -1.14. The molecule has 0 aromatic heterocycles. The van der Waals surface area contributed by atoms with Crippen LogP contribution in [0.2, 0.25) is 0 Å². The van der Waals surface area contributed by atoms with E-state index in [0.29, 0.717) is 13.1 Å². The van der Waals surface area contributed by atoms with Crippen molar-refractivity contribution in [3.05, 3.63) is 0 Å². The van der Waals surface area contributed by atoms with Crippen molar-refractivity contribution in [3.8, 4) is 0 Å². The molecule has 0 aromatic rings. The van der Waals surface area contributed by atoms with E-state index in [4.69, 9.17) is 10.2 Å². The number of carbonyl (C=O) groups is 2. The molecule has 19 heavy (non-hydrogen) atoms. The number of nitrogens with zero attached hydrogens (tertiary/aromatic N) is 2. The van der Waals surface area contributed by atoms with Gasteiger partial charge in [0.05, 0.1) is 0 Å². The Balaban J connectivity index is 4.61. The first-order valence-corrected chi connectivity index (χ1v) is 6.39. The molecule has 112 valence electrons. The average Bonchev–Trinajstić information content (AvgIpc) is 2.28. The lowest BCUT2D eigenvalue weighted by Crippen LogP contribution is -2.52. The van der Waals surface area contributed by atoms with Crippen LogP contribution in [0.1, 0.15) is 20.3 Å². The molecule has 0 saturated heterocycles. The van der Waals surface area contributed by atoms with E-state index < -0.39 is 18.0 Å². The minimum Gasteiger partial charge on any atom is -0.480 e. The molecule has 0 spiro atoms. The number of likely N-dealkylation sites (N-methyl/N-ethyl adjacent to an activating group) is 2. The van der Waals surface area contributed by atoms with Gasteiger partial charge in [-0.25, -0.2) is 9.59 Å². The quantitative estimate of drug-likeness (QED) is 0.570. The summed E-state index contributed by atoms with van der Waals surface area (Å²) in [4.78, 5) is 26.5. The zero-order valence-electron chi connectivity index (χ0n) is 12.1. The summed E-state index contributed by atoms with van der Waals surface area (Å²) in [6, 6.07) is -1.50. The molecule has 0 aromatic carbocycles. The van der Waals surface area contributed by atoms with Crippen molar-refractivity contribution in [1.82, 2.24) is 15.1 Å². The van der Waals surface area contributed by atoms with Crippen LogP contribution < -0.4 is 5.32 Å². The lowest BCUT2D eigenvalue weighted by Gasteiger charge is -2.31. The van der Waals surface area contributed by atoms with Gasteiger partial charge < -0.3 is 25.3 Å². The Morgan fingerprint density at radius 2 is 1.89 bits per heavy atom. The average molecular weight is 275 g/mol. The molecule has 2 amide bonds. The Morgan fingerprint density at radius 3 is 2.26 bits per heavy atom. The van der Waals surface area contributed by atoms with Gasteiger partial charge in [0.25, 0.3) is 0 Å². The van der Waals surface area contributed by atoms with E-state index in [0.717, 1.165) is 0 Å². The molecule has 0 rings (SSSR count). The van der Waals surface area contributed by atoms with Crippen LogP contribution in [0.5, 0.6) is 0 Å². The highest BCUT2D eigenvalue weighted by Crippen LogP contribution is 2.02. The van der Waals surface area contributed by atoms with Gasteiger partial charge >= 0.3 is 12.0 Å². The molecule has 0 aliphatic rings. The minimum absolute atomic E-state index is 0.000684. The van der Waals surface area contributed by atoms with Crippen LogP contribution in [0.4, 0.5) is 4.79 Å². The second-order valence-corrected chi connectivity index (χ2v) is 4.75. The van der Waals surface area contributed by atoms with Crippen molar-refractivity contribution in [2.45, 2.75) is 32.4 Å². The number of urea groups is 1. The van der Waals surface area contributed by atoms with Crippen molar-refractivity contribution in [2.24, 2.45) is 0 Å². The molecular weight excluding hydrogens is 250 g/mol. The highest BCUT2D eigenvalue weighted by atomic mass is 16.4. The summed E-state index contributed by atoms with van der Waals surface area (Å²) < 4.78 is 0. The van der Waals surface area contributed by atoms with Crippen molar-refractivity contribution < 1.29 is 19.8 Å². The third-order valence-electron chi connectivity index (χ3n) is 2.78. The topological polar surface area (TPSA) is 93.1 Å². The van der Waals surface area contributed by atoms with E-state index in [2.05, 4.69) is 5.32 Å². The molecule has 0 bridgehead atoms. The number of aliphatic carboxylic acids is 1. The zero-order chi connectivity index (χ0) is 15.0. The maximum atomic E-state index is 12.0. The molecule has 2 unspecified atom stereocenters. The summed E-state index contributed by atoms with van der Waals surface area (Å²) in [7, 11) is 3.82. The largest absolute Gasteiger partial charge is 0.480 e. The standard InChI is InChI=1S/C12H25N3O4/c1-5-15(9(2)8-14(3)4)12(19)13-10(6-7-16)11(17)18/h9-10,16H,5-8H2,1-4H3,(H,13,19)(H,17,18). The predicted octanol–water partition coefficient (Wildman–Crippen LogP) is -0.196. The monoisotopic (exact) mass is 275 g/mol. The summed E-state index contributed by atoms with van der Waals surface area (Å²) in [5.41, 5.74) is 0. The van der Waals surface area contributed by atoms with E-state index >= 15 is 0 Å². The minimum atomic E-state index is -1.14. The number of rotatable bonds is 8. The fraction of sp³-hybridized carbons (Fsp3) is 0.833. The number of hydrogen-bond donors (Lipinski definition) is 3. The predicted molar refractivity (Wildman–Crippen MR) is 72.1 cm³/mol. The number of carboxylic acid groups (broad SMARTS) is 1. The molecular formula is C12H25N3O4. The van der Waals surface area contributed by atoms with Crippen molar-refractivity contribution in [2.75, 3.05) is 33.8 Å². The smallest absolute Gasteiger partial charge is 0.326 e. The summed E-state index contributed by atoms with van der Waals surface area (Å²) >= 11 is 0. The molecule has 3 N–H and O–H groups in total. The van der Waals surface area contributed by atoms with Gasteiger partial charge in [0, 0.05) is 32.2 Å². The van der Waals surface area contributed by atoms with Gasteiger partial charge in [-0.2, -0.15) is 0 Å². The van der Waals surface area contributed by atoms with E-state index in [1.165, 1.54) is 0 Å². The first-order valence-electron chi connectivity index (χ1n) is 6.39. The normalized spacial score (nSPS) is 14.0. The Labute approximate surface area is 114 Å². The van der Waals surface area contributed by atoms with Crippen LogP contribution in [0.25, 0.3) is 0 Å². The van der Waals surface area contributed by atoms with Gasteiger partial charge in [-0.1, -0.05) is 0 Å². The Bertz CT molecular complexity index is 297. The third-order valence-corrected chi connectivity index (χ3v) is 2.78. The van der Waals surface area contributed by atoms with E-state index in [1.807, 2.05) is 32.8 Å². The van der Waals surface area contributed by atoms with Crippen LogP contribution in [0.15, 0.2) is 0 Å². The SMILES string of the molecule is CCN(C(=O)NC(CCO)C(=O)O)C(C)CN(C)C. The summed E-state index contributed by atoms with van der Waals surface area (Å²) in [6.07, 6.45) is 0.000684. The lowest BCUT2D eigenvalue weighted by molar-refractivity contribution is -0.139. The Kier molecular flexibility index (Phi) is 8.09. The molecule has 7 heteroatoms. The molecule has 0 fully saturated rings. The zero-order valence-corrected chi connectivity index (χ0v) is 12.1. The van der Waals surface area contributed by atoms with Crippen LogP contribution in [-0.4, -0.2) is 77.9 Å². The van der Waals surface area contributed by atoms with Gasteiger partial charge in [-0.05, 0) is 27.9 Å². The first-order chi connectivity index (χ1) is 8.83. The number of carboxylic acids is 1. The Hall–Kier alpha value is -1.34. The van der Waals surface area contributed by atoms with Crippen LogP contribution in [0, 0.1) is 0 Å². The lowest BCUT2D eigenvalue weighted by atomic mass is 10.2. The maximum Gasteiger partial charge on any atom is 0.326 e. The molecule has 0 aliphatic carbocycles. The number of nitrogens with one attached hydrogen (secondary N) is 1. The molecule has 0 heterocycles. The first kappa shape index (κ1) is 17.7. The molecule has 0 radical (unpaired) electrons. The van der Waals surface area contributed by atoms with Gasteiger partial charge in [0.15, 0.2) is 0 Å². The number of aliphatic hydroxyl groups excluding tert-OH is 1. The van der Waals surface area contributed by atoms with Gasteiger partial charge in [-0.3, -0.25) is 0 Å². The van der Waals surface area contributed by atoms with Gasteiger partial charge in [-0.15, -0.1) is 0 Å². The Morgan fingerprint density at radius 1 is 1.32 bits per heavy atom. The molecule has 0 saturated carbocycles. The van der Waals surface area contributed by atoms with Crippen LogP contribution in [0.3, 0.4) is 0 Å². The van der Waals surface area contributed by atoms with E-state index in [1.54, 1.807) is 4.90 Å². The van der Waals surface area contributed by atoms with E-state index in [-0.39, 0.29) is 19.1 Å². The van der Waals surface area contributed by atoms with Crippen LogP contribution >= 0.6 is 0 Å². The van der Waals surface area contributed by atoms with Crippen molar-refractivity contribution in [3.63, 3.8) is 0 Å².